The molecule has 0 spiro atoms. The Labute approximate surface area is 136 Å². The van der Waals surface area contributed by atoms with Crippen molar-refractivity contribution in [2.45, 2.75) is 18.0 Å². The van der Waals surface area contributed by atoms with Gasteiger partial charge >= 0.3 is 12.2 Å². The van der Waals surface area contributed by atoms with Crippen molar-refractivity contribution in [1.29, 1.82) is 0 Å². The number of urea groups is 1. The van der Waals surface area contributed by atoms with E-state index in [2.05, 4.69) is 5.32 Å². The molecule has 2 amide bonds. The van der Waals surface area contributed by atoms with Crippen LogP contribution in [0.25, 0.3) is 0 Å². The monoisotopic (exact) mass is 358 g/mol. The number of benzene rings is 2. The van der Waals surface area contributed by atoms with Crippen molar-refractivity contribution in [3.63, 3.8) is 0 Å². The minimum atomic E-state index is -4.57. The Hall–Kier alpha value is -2.55. The average Bonchev–Trinajstić information content (AvgIpc) is 2.46. The van der Waals surface area contributed by atoms with Gasteiger partial charge in [0.15, 0.2) is 0 Å². The van der Waals surface area contributed by atoms with E-state index in [4.69, 9.17) is 0 Å². The highest BCUT2D eigenvalue weighted by Gasteiger charge is 2.30. The first-order valence-electron chi connectivity index (χ1n) is 6.66. The molecule has 0 fully saturated rings. The zero-order chi connectivity index (χ0) is 18.0. The van der Waals surface area contributed by atoms with Crippen LogP contribution in [0.4, 0.5) is 23.7 Å². The molecule has 0 atom stereocenters. The van der Waals surface area contributed by atoms with Gasteiger partial charge in [0.1, 0.15) is 0 Å². The van der Waals surface area contributed by atoms with E-state index in [-0.39, 0.29) is 10.6 Å². The summed E-state index contributed by atoms with van der Waals surface area (Å²) in [5.41, 5.74) is -0.707. The topological polar surface area (TPSA) is 75.3 Å². The summed E-state index contributed by atoms with van der Waals surface area (Å²) in [7, 11) is -4.13. The molecule has 0 saturated heterocycles. The quantitative estimate of drug-likeness (QED) is 0.881. The van der Waals surface area contributed by atoms with Crippen molar-refractivity contribution in [2.24, 2.45) is 0 Å². The Kier molecular flexibility index (Phi) is 4.83. The Morgan fingerprint density at radius 1 is 1.04 bits per heavy atom. The number of carbonyl (C=O) groups excluding carboxylic acids is 1. The molecule has 2 N–H and O–H groups in total. The van der Waals surface area contributed by atoms with Crippen molar-refractivity contribution in [2.75, 3.05) is 5.32 Å². The molecule has 2 aromatic carbocycles. The van der Waals surface area contributed by atoms with Crippen molar-refractivity contribution < 1.29 is 26.4 Å². The molecular weight excluding hydrogens is 345 g/mol. The van der Waals surface area contributed by atoms with Gasteiger partial charge in [0.05, 0.1) is 10.5 Å². The third kappa shape index (κ3) is 4.25. The second kappa shape index (κ2) is 6.52. The van der Waals surface area contributed by atoms with Crippen LogP contribution in [-0.4, -0.2) is 14.4 Å². The summed E-state index contributed by atoms with van der Waals surface area (Å²) in [5, 5.41) is 2.07. The number of halogens is 3. The average molecular weight is 358 g/mol. The lowest BCUT2D eigenvalue weighted by molar-refractivity contribution is -0.137. The van der Waals surface area contributed by atoms with E-state index in [0.717, 1.165) is 12.1 Å². The molecule has 0 aromatic heterocycles. The highest BCUT2D eigenvalue weighted by Crippen LogP contribution is 2.30. The maximum atomic E-state index is 12.6. The van der Waals surface area contributed by atoms with Crippen LogP contribution in [0, 0.1) is 6.92 Å². The van der Waals surface area contributed by atoms with Crippen LogP contribution in [-0.2, 0) is 16.2 Å². The summed E-state index contributed by atoms with van der Waals surface area (Å²) in [6, 6.07) is 8.71. The molecule has 0 saturated carbocycles. The van der Waals surface area contributed by atoms with Gasteiger partial charge in [0.25, 0.3) is 10.0 Å². The number of sulfonamides is 1. The molecule has 0 heterocycles. The van der Waals surface area contributed by atoms with Gasteiger partial charge < -0.3 is 5.32 Å². The smallest absolute Gasteiger partial charge is 0.307 e. The van der Waals surface area contributed by atoms with Gasteiger partial charge in [-0.1, -0.05) is 24.3 Å². The predicted octanol–water partition coefficient (Wildman–Crippen LogP) is 3.52. The zero-order valence-electron chi connectivity index (χ0n) is 12.4. The second-order valence-electron chi connectivity index (χ2n) is 4.90. The highest BCUT2D eigenvalue weighted by atomic mass is 32.2. The first-order chi connectivity index (χ1) is 11.1. The SMILES string of the molecule is Cc1ccccc1S(=O)(=O)NC(=O)Nc1cccc(C(F)(F)F)c1. The van der Waals surface area contributed by atoms with Crippen LogP contribution < -0.4 is 10.0 Å². The molecule has 24 heavy (non-hydrogen) atoms. The molecule has 128 valence electrons. The lowest BCUT2D eigenvalue weighted by atomic mass is 10.2. The van der Waals surface area contributed by atoms with Gasteiger partial charge in [0.2, 0.25) is 0 Å². The largest absolute Gasteiger partial charge is 0.416 e. The van der Waals surface area contributed by atoms with Crippen molar-refractivity contribution in [3.8, 4) is 0 Å². The standard InChI is InChI=1S/C15H13F3N2O3S/c1-10-5-2-3-8-13(10)24(22,23)20-14(21)19-12-7-4-6-11(9-12)15(16,17)18/h2-9H,1H3,(H2,19,20,21). The maximum absolute atomic E-state index is 12.6. The summed E-state index contributed by atoms with van der Waals surface area (Å²) < 4.78 is 63.9. The number of carbonyl (C=O) groups is 1. The first kappa shape index (κ1) is 17.8. The molecule has 0 bridgehead atoms. The minimum Gasteiger partial charge on any atom is -0.307 e. The molecule has 0 aliphatic carbocycles. The number of amides is 2. The van der Waals surface area contributed by atoms with E-state index in [1.54, 1.807) is 23.8 Å². The lowest BCUT2D eigenvalue weighted by Gasteiger charge is -2.12. The molecule has 0 radical (unpaired) electrons. The molecule has 0 unspecified atom stereocenters. The van der Waals surface area contributed by atoms with Gasteiger partial charge in [0, 0.05) is 5.69 Å². The molecule has 2 rings (SSSR count). The fraction of sp³-hybridized carbons (Fsp3) is 0.133. The van der Waals surface area contributed by atoms with E-state index >= 15 is 0 Å². The maximum Gasteiger partial charge on any atom is 0.416 e. The third-order valence-electron chi connectivity index (χ3n) is 3.06. The zero-order valence-corrected chi connectivity index (χ0v) is 13.2. The molecule has 0 aliphatic heterocycles. The highest BCUT2D eigenvalue weighted by molar-refractivity contribution is 7.90. The normalized spacial score (nSPS) is 11.8. The van der Waals surface area contributed by atoms with Crippen molar-refractivity contribution >= 4 is 21.7 Å². The summed E-state index contributed by atoms with van der Waals surface area (Å²) in [5.74, 6) is 0. The van der Waals surface area contributed by atoms with Gasteiger partial charge in [-0.25, -0.2) is 17.9 Å². The third-order valence-corrected chi connectivity index (χ3v) is 4.55. The van der Waals surface area contributed by atoms with Gasteiger partial charge in [-0.05, 0) is 36.8 Å². The van der Waals surface area contributed by atoms with Crippen LogP contribution in [0.2, 0.25) is 0 Å². The van der Waals surface area contributed by atoms with E-state index in [0.29, 0.717) is 11.6 Å². The minimum absolute atomic E-state index is 0.0933. The number of hydrogen-bond donors (Lipinski definition) is 2. The second-order valence-corrected chi connectivity index (χ2v) is 6.55. The fourth-order valence-corrected chi connectivity index (χ4v) is 3.12. The van der Waals surface area contributed by atoms with E-state index in [9.17, 15) is 26.4 Å². The van der Waals surface area contributed by atoms with E-state index < -0.39 is 27.8 Å². The molecular formula is C15H13F3N2O3S. The Morgan fingerprint density at radius 3 is 2.33 bits per heavy atom. The molecule has 2 aromatic rings. The van der Waals surface area contributed by atoms with Crippen LogP contribution in [0.3, 0.4) is 0 Å². The molecule has 0 aliphatic rings. The fourth-order valence-electron chi connectivity index (χ4n) is 1.96. The summed E-state index contributed by atoms with van der Waals surface area (Å²) >= 11 is 0. The van der Waals surface area contributed by atoms with Crippen LogP contribution in [0.5, 0.6) is 0 Å². The number of anilines is 1. The Morgan fingerprint density at radius 2 is 1.71 bits per heavy atom. The number of alkyl halides is 3. The number of hydrogen-bond acceptors (Lipinski definition) is 3. The number of nitrogens with one attached hydrogen (secondary N) is 2. The Bertz CT molecular complexity index is 864. The molecule has 9 heteroatoms. The van der Waals surface area contributed by atoms with Gasteiger partial charge in [-0.2, -0.15) is 13.2 Å². The molecule has 5 nitrogen and oxygen atoms in total. The first-order valence-corrected chi connectivity index (χ1v) is 8.14. The lowest BCUT2D eigenvalue weighted by Crippen LogP contribution is -2.34. The van der Waals surface area contributed by atoms with E-state index in [1.807, 2.05) is 0 Å². The van der Waals surface area contributed by atoms with Gasteiger partial charge in [-0.15, -0.1) is 0 Å². The van der Waals surface area contributed by atoms with E-state index in [1.165, 1.54) is 18.2 Å². The van der Waals surface area contributed by atoms with Crippen LogP contribution in [0.15, 0.2) is 53.4 Å². The van der Waals surface area contributed by atoms with Crippen LogP contribution >= 0.6 is 0 Å². The number of aryl methyl sites for hydroxylation is 1. The van der Waals surface area contributed by atoms with Crippen molar-refractivity contribution in [3.05, 3.63) is 59.7 Å². The summed E-state index contributed by atoms with van der Waals surface area (Å²) in [6.07, 6.45) is -4.57. The predicted molar refractivity (Wildman–Crippen MR) is 82.0 cm³/mol. The van der Waals surface area contributed by atoms with Crippen molar-refractivity contribution in [1.82, 2.24) is 4.72 Å². The van der Waals surface area contributed by atoms with Crippen LogP contribution in [0.1, 0.15) is 11.1 Å². The summed E-state index contributed by atoms with van der Waals surface area (Å²) in [6.45, 7) is 1.55. The Balaban J connectivity index is 2.16. The summed E-state index contributed by atoms with van der Waals surface area (Å²) in [4.78, 5) is 11.7. The van der Waals surface area contributed by atoms with Gasteiger partial charge in [-0.3, -0.25) is 0 Å². The number of rotatable bonds is 3.